The van der Waals surface area contributed by atoms with Crippen molar-refractivity contribution < 1.29 is 28.6 Å². The molecule has 6 nitrogen and oxygen atoms in total. The Labute approximate surface area is 214 Å². The van der Waals surface area contributed by atoms with Crippen LogP contribution in [0.1, 0.15) is 86.9 Å². The second-order valence-electron chi connectivity index (χ2n) is 10.6. The first kappa shape index (κ1) is 27.6. The predicted octanol–water partition coefficient (Wildman–Crippen LogP) is 6.18. The van der Waals surface area contributed by atoms with Crippen molar-refractivity contribution in [2.75, 3.05) is 6.61 Å². The molecule has 0 aliphatic heterocycles. The SMILES string of the molecule is CC(C)(CC(COC(C)(C)C(=O)c1ccccc1)OC(=O)C1CCCCC1)OC(=O)c1ccccc1. The smallest absolute Gasteiger partial charge is 0.338 e. The second-order valence-corrected chi connectivity index (χ2v) is 10.6. The number of hydrogen-bond donors (Lipinski definition) is 0. The number of carbonyl (C=O) groups is 3. The maximum absolute atomic E-state index is 13.0. The second kappa shape index (κ2) is 12.3. The first-order valence-electron chi connectivity index (χ1n) is 12.8. The van der Waals surface area contributed by atoms with Crippen LogP contribution in [-0.4, -0.2) is 41.6 Å². The van der Waals surface area contributed by atoms with Gasteiger partial charge in [-0.15, -0.1) is 0 Å². The Morgan fingerprint density at radius 2 is 1.39 bits per heavy atom. The molecule has 0 aromatic heterocycles. The summed E-state index contributed by atoms with van der Waals surface area (Å²) in [5, 5.41) is 0. The molecule has 2 aromatic carbocycles. The van der Waals surface area contributed by atoms with Crippen LogP contribution in [0.25, 0.3) is 0 Å². The van der Waals surface area contributed by atoms with Gasteiger partial charge in [-0.2, -0.15) is 0 Å². The Kier molecular flexibility index (Phi) is 9.43. The first-order chi connectivity index (χ1) is 17.1. The molecular weight excluding hydrogens is 456 g/mol. The van der Waals surface area contributed by atoms with E-state index in [1.54, 1.807) is 64.1 Å². The van der Waals surface area contributed by atoms with Crippen molar-refractivity contribution in [2.45, 2.75) is 83.5 Å². The van der Waals surface area contributed by atoms with E-state index in [1.165, 1.54) is 0 Å². The molecule has 1 fully saturated rings. The minimum atomic E-state index is -1.12. The maximum Gasteiger partial charge on any atom is 0.338 e. The molecule has 1 aliphatic rings. The van der Waals surface area contributed by atoms with E-state index < -0.39 is 23.3 Å². The lowest BCUT2D eigenvalue weighted by Gasteiger charge is -2.33. The molecule has 1 unspecified atom stereocenters. The molecule has 3 rings (SSSR count). The summed E-state index contributed by atoms with van der Waals surface area (Å²) in [6.45, 7) is 7.01. The highest BCUT2D eigenvalue weighted by Crippen LogP contribution is 2.28. The summed E-state index contributed by atoms with van der Waals surface area (Å²) in [5.74, 6) is -0.982. The minimum absolute atomic E-state index is 0.0103. The number of esters is 2. The Morgan fingerprint density at radius 1 is 0.833 bits per heavy atom. The highest BCUT2D eigenvalue weighted by molar-refractivity contribution is 6.01. The largest absolute Gasteiger partial charge is 0.460 e. The van der Waals surface area contributed by atoms with Gasteiger partial charge in [-0.05, 0) is 52.7 Å². The Morgan fingerprint density at radius 3 is 1.97 bits per heavy atom. The van der Waals surface area contributed by atoms with E-state index in [2.05, 4.69) is 0 Å². The lowest BCUT2D eigenvalue weighted by Crippen LogP contribution is -2.42. The van der Waals surface area contributed by atoms with E-state index in [-0.39, 0.29) is 30.7 Å². The van der Waals surface area contributed by atoms with E-state index in [4.69, 9.17) is 14.2 Å². The molecule has 1 saturated carbocycles. The van der Waals surface area contributed by atoms with Crippen LogP contribution in [0.5, 0.6) is 0 Å². The molecule has 0 amide bonds. The van der Waals surface area contributed by atoms with E-state index in [1.807, 2.05) is 24.3 Å². The van der Waals surface area contributed by atoms with E-state index in [9.17, 15) is 14.4 Å². The summed E-state index contributed by atoms with van der Waals surface area (Å²) in [4.78, 5) is 38.7. The van der Waals surface area contributed by atoms with Crippen LogP contribution in [0.15, 0.2) is 60.7 Å². The molecule has 1 atom stereocenters. The Bertz CT molecular complexity index is 1010. The average Bonchev–Trinajstić information content (AvgIpc) is 2.88. The lowest BCUT2D eigenvalue weighted by molar-refractivity contribution is -0.164. The summed E-state index contributed by atoms with van der Waals surface area (Å²) in [5.41, 5.74) is -1.05. The molecule has 0 radical (unpaired) electrons. The summed E-state index contributed by atoms with van der Waals surface area (Å²) < 4.78 is 17.8. The van der Waals surface area contributed by atoms with Crippen molar-refractivity contribution in [3.05, 3.63) is 71.8 Å². The minimum Gasteiger partial charge on any atom is -0.460 e. The molecule has 194 valence electrons. The molecule has 0 heterocycles. The summed E-state index contributed by atoms with van der Waals surface area (Å²) >= 11 is 0. The van der Waals surface area contributed by atoms with Gasteiger partial charge in [0.15, 0.2) is 5.78 Å². The van der Waals surface area contributed by atoms with Gasteiger partial charge < -0.3 is 14.2 Å². The third-order valence-corrected chi connectivity index (χ3v) is 6.53. The number of hydrogen-bond acceptors (Lipinski definition) is 6. The van der Waals surface area contributed by atoms with Crippen molar-refractivity contribution >= 4 is 17.7 Å². The van der Waals surface area contributed by atoms with Gasteiger partial charge in [0, 0.05) is 12.0 Å². The summed E-state index contributed by atoms with van der Waals surface area (Å²) in [6, 6.07) is 17.7. The Hall–Kier alpha value is -2.99. The summed E-state index contributed by atoms with van der Waals surface area (Å²) in [6.07, 6.45) is 4.35. The van der Waals surface area contributed by atoms with E-state index >= 15 is 0 Å². The molecule has 1 aliphatic carbocycles. The van der Waals surface area contributed by atoms with Crippen LogP contribution in [0.4, 0.5) is 0 Å². The van der Waals surface area contributed by atoms with Crippen molar-refractivity contribution in [1.82, 2.24) is 0 Å². The highest BCUT2D eigenvalue weighted by Gasteiger charge is 2.35. The van der Waals surface area contributed by atoms with Gasteiger partial charge in [0.25, 0.3) is 0 Å². The van der Waals surface area contributed by atoms with Crippen LogP contribution in [0, 0.1) is 5.92 Å². The number of benzene rings is 2. The van der Waals surface area contributed by atoms with Crippen LogP contribution in [0.3, 0.4) is 0 Å². The first-order valence-corrected chi connectivity index (χ1v) is 12.8. The molecular formula is C30H38O6. The fraction of sp³-hybridized carbons (Fsp3) is 0.500. The number of ketones is 1. The van der Waals surface area contributed by atoms with Crippen molar-refractivity contribution in [3.8, 4) is 0 Å². The number of carbonyl (C=O) groups excluding carboxylic acids is 3. The van der Waals surface area contributed by atoms with Crippen LogP contribution in [-0.2, 0) is 19.0 Å². The standard InChI is InChI=1S/C30H38O6/c1-29(2,36-28(33)24-18-12-7-13-19-24)20-25(35-27(32)23-16-10-6-11-17-23)21-34-30(3,4)26(31)22-14-8-5-9-15-22/h5,7-9,12-15,18-19,23,25H,6,10-11,16-17,20-21H2,1-4H3. The molecule has 0 bridgehead atoms. The zero-order chi connectivity index (χ0) is 26.2. The van der Waals surface area contributed by atoms with Gasteiger partial charge in [-0.3, -0.25) is 9.59 Å². The third kappa shape index (κ3) is 8.02. The van der Waals surface area contributed by atoms with Gasteiger partial charge in [-0.25, -0.2) is 4.79 Å². The van der Waals surface area contributed by atoms with E-state index in [0.29, 0.717) is 11.1 Å². The van der Waals surface area contributed by atoms with Crippen LogP contribution >= 0.6 is 0 Å². The molecule has 0 saturated heterocycles. The number of rotatable bonds is 11. The maximum atomic E-state index is 13.0. The molecule has 36 heavy (non-hydrogen) atoms. The van der Waals surface area contributed by atoms with Gasteiger partial charge >= 0.3 is 11.9 Å². The van der Waals surface area contributed by atoms with Gasteiger partial charge in [0.05, 0.1) is 18.1 Å². The average molecular weight is 495 g/mol. The van der Waals surface area contributed by atoms with Gasteiger partial charge in [-0.1, -0.05) is 67.8 Å². The fourth-order valence-electron chi connectivity index (χ4n) is 4.51. The Balaban J connectivity index is 1.70. The lowest BCUT2D eigenvalue weighted by atomic mass is 9.89. The van der Waals surface area contributed by atoms with Gasteiger partial charge in [0.1, 0.15) is 17.3 Å². The predicted molar refractivity (Wildman–Crippen MR) is 138 cm³/mol. The number of Topliss-reactive ketones (excluding diaryl/α,β-unsaturated/α-hetero) is 1. The van der Waals surface area contributed by atoms with Crippen molar-refractivity contribution in [2.24, 2.45) is 5.92 Å². The fourth-order valence-corrected chi connectivity index (χ4v) is 4.51. The van der Waals surface area contributed by atoms with Crippen molar-refractivity contribution in [1.29, 1.82) is 0 Å². The zero-order valence-corrected chi connectivity index (χ0v) is 21.8. The monoisotopic (exact) mass is 494 g/mol. The molecule has 0 spiro atoms. The van der Waals surface area contributed by atoms with E-state index in [0.717, 1.165) is 32.1 Å². The highest BCUT2D eigenvalue weighted by atomic mass is 16.6. The van der Waals surface area contributed by atoms with Crippen LogP contribution < -0.4 is 0 Å². The molecule has 0 N–H and O–H groups in total. The molecule has 2 aromatic rings. The third-order valence-electron chi connectivity index (χ3n) is 6.53. The van der Waals surface area contributed by atoms with Gasteiger partial charge in [0.2, 0.25) is 0 Å². The normalized spacial score (nSPS) is 15.7. The van der Waals surface area contributed by atoms with Crippen LogP contribution in [0.2, 0.25) is 0 Å². The topological polar surface area (TPSA) is 78.9 Å². The zero-order valence-electron chi connectivity index (χ0n) is 21.8. The molecule has 6 heteroatoms. The van der Waals surface area contributed by atoms with Crippen molar-refractivity contribution in [3.63, 3.8) is 0 Å². The number of ether oxygens (including phenoxy) is 3. The summed E-state index contributed by atoms with van der Waals surface area (Å²) in [7, 11) is 0. The quantitative estimate of drug-likeness (QED) is 0.274.